The van der Waals surface area contributed by atoms with Gasteiger partial charge in [0.25, 0.3) is 0 Å². The van der Waals surface area contributed by atoms with Crippen LogP contribution in [-0.2, 0) is 6.42 Å². The summed E-state index contributed by atoms with van der Waals surface area (Å²) in [6.07, 6.45) is 1.58. The monoisotopic (exact) mass is 285 g/mol. The fourth-order valence-electron chi connectivity index (χ4n) is 3.18. The zero-order valence-corrected chi connectivity index (χ0v) is 12.5. The SMILES string of the molecule is Cc1nc(Cc2ccccc2F)nc(C)c1C1CCNC1. The van der Waals surface area contributed by atoms with Crippen molar-refractivity contribution in [2.24, 2.45) is 0 Å². The Hall–Kier alpha value is -1.81. The Morgan fingerprint density at radius 3 is 2.52 bits per heavy atom. The Labute approximate surface area is 124 Å². The number of hydrogen-bond acceptors (Lipinski definition) is 3. The third kappa shape index (κ3) is 2.95. The number of rotatable bonds is 3. The van der Waals surface area contributed by atoms with E-state index in [0.717, 1.165) is 30.9 Å². The Balaban J connectivity index is 1.89. The minimum Gasteiger partial charge on any atom is -0.316 e. The quantitative estimate of drug-likeness (QED) is 0.942. The zero-order chi connectivity index (χ0) is 14.8. The fraction of sp³-hybridized carbons (Fsp3) is 0.412. The highest BCUT2D eigenvalue weighted by Gasteiger charge is 2.22. The molecule has 1 saturated heterocycles. The Morgan fingerprint density at radius 1 is 1.19 bits per heavy atom. The van der Waals surface area contributed by atoms with Gasteiger partial charge in [-0.25, -0.2) is 14.4 Å². The maximum atomic E-state index is 13.7. The molecule has 1 fully saturated rings. The van der Waals surface area contributed by atoms with Gasteiger partial charge in [-0.3, -0.25) is 0 Å². The predicted molar refractivity (Wildman–Crippen MR) is 80.9 cm³/mol. The first-order valence-corrected chi connectivity index (χ1v) is 7.43. The molecule has 1 N–H and O–H groups in total. The van der Waals surface area contributed by atoms with Gasteiger partial charge < -0.3 is 5.32 Å². The predicted octanol–water partition coefficient (Wildman–Crippen LogP) is 2.90. The van der Waals surface area contributed by atoms with Gasteiger partial charge >= 0.3 is 0 Å². The van der Waals surface area contributed by atoms with E-state index in [4.69, 9.17) is 0 Å². The summed E-state index contributed by atoms with van der Waals surface area (Å²) in [5.74, 6) is 1.01. The van der Waals surface area contributed by atoms with E-state index in [9.17, 15) is 4.39 Å². The summed E-state index contributed by atoms with van der Waals surface area (Å²) >= 11 is 0. The highest BCUT2D eigenvalue weighted by molar-refractivity contribution is 5.31. The first kappa shape index (κ1) is 14.1. The normalized spacial score (nSPS) is 18.1. The Kier molecular flexibility index (Phi) is 3.97. The molecular weight excluding hydrogens is 265 g/mol. The largest absolute Gasteiger partial charge is 0.316 e. The molecule has 0 amide bonds. The van der Waals surface area contributed by atoms with Crippen molar-refractivity contribution in [3.8, 4) is 0 Å². The summed E-state index contributed by atoms with van der Waals surface area (Å²) in [6, 6.07) is 6.81. The van der Waals surface area contributed by atoms with Crippen molar-refractivity contribution in [2.45, 2.75) is 32.6 Å². The Bertz CT molecular complexity index is 625. The van der Waals surface area contributed by atoms with E-state index in [2.05, 4.69) is 15.3 Å². The van der Waals surface area contributed by atoms with Crippen LogP contribution in [0.4, 0.5) is 4.39 Å². The molecule has 110 valence electrons. The van der Waals surface area contributed by atoms with Crippen LogP contribution in [0.25, 0.3) is 0 Å². The van der Waals surface area contributed by atoms with Crippen molar-refractivity contribution >= 4 is 0 Å². The summed E-state index contributed by atoms with van der Waals surface area (Å²) in [7, 11) is 0. The minimum atomic E-state index is -0.194. The second kappa shape index (κ2) is 5.90. The molecular formula is C17H20FN3. The number of aromatic nitrogens is 2. The van der Waals surface area contributed by atoms with Gasteiger partial charge in [0, 0.05) is 30.3 Å². The molecule has 2 aromatic rings. The van der Waals surface area contributed by atoms with Crippen LogP contribution < -0.4 is 5.32 Å². The molecule has 2 heterocycles. The standard InChI is InChI=1S/C17H20FN3/c1-11-17(14-7-8-19-10-14)12(2)21-16(20-11)9-13-5-3-4-6-15(13)18/h3-6,14,19H,7-10H2,1-2H3. The van der Waals surface area contributed by atoms with Gasteiger partial charge in [-0.05, 0) is 44.0 Å². The molecule has 1 aromatic heterocycles. The van der Waals surface area contributed by atoms with Gasteiger partial charge in [-0.15, -0.1) is 0 Å². The maximum absolute atomic E-state index is 13.7. The number of benzene rings is 1. The van der Waals surface area contributed by atoms with Crippen LogP contribution in [0, 0.1) is 19.7 Å². The molecule has 1 aliphatic heterocycles. The number of nitrogens with zero attached hydrogens (tertiary/aromatic N) is 2. The number of nitrogens with one attached hydrogen (secondary N) is 1. The molecule has 1 atom stereocenters. The van der Waals surface area contributed by atoms with Crippen molar-refractivity contribution in [3.63, 3.8) is 0 Å². The summed E-state index contributed by atoms with van der Waals surface area (Å²) in [5, 5.41) is 3.38. The first-order chi connectivity index (χ1) is 10.1. The van der Waals surface area contributed by atoms with Gasteiger partial charge in [-0.1, -0.05) is 18.2 Å². The molecule has 3 nitrogen and oxygen atoms in total. The van der Waals surface area contributed by atoms with Crippen LogP contribution in [0.1, 0.15) is 40.7 Å². The average molecular weight is 285 g/mol. The summed E-state index contributed by atoms with van der Waals surface area (Å²) in [4.78, 5) is 9.22. The molecule has 21 heavy (non-hydrogen) atoms. The van der Waals surface area contributed by atoms with E-state index in [1.54, 1.807) is 12.1 Å². The second-order valence-electron chi connectivity index (χ2n) is 5.68. The molecule has 3 rings (SSSR count). The first-order valence-electron chi connectivity index (χ1n) is 7.43. The molecule has 0 bridgehead atoms. The fourth-order valence-corrected chi connectivity index (χ4v) is 3.18. The van der Waals surface area contributed by atoms with E-state index in [-0.39, 0.29) is 5.82 Å². The summed E-state index contributed by atoms with van der Waals surface area (Å²) < 4.78 is 13.7. The number of halogens is 1. The lowest BCUT2D eigenvalue weighted by molar-refractivity contribution is 0.611. The maximum Gasteiger partial charge on any atom is 0.133 e. The second-order valence-corrected chi connectivity index (χ2v) is 5.68. The number of hydrogen-bond donors (Lipinski definition) is 1. The van der Waals surface area contributed by atoms with E-state index in [0.29, 0.717) is 23.7 Å². The van der Waals surface area contributed by atoms with E-state index >= 15 is 0 Å². The van der Waals surface area contributed by atoms with Gasteiger partial charge in [-0.2, -0.15) is 0 Å². The molecule has 1 aromatic carbocycles. The van der Waals surface area contributed by atoms with Gasteiger partial charge in [0.05, 0.1) is 0 Å². The van der Waals surface area contributed by atoms with E-state index < -0.39 is 0 Å². The number of aryl methyl sites for hydroxylation is 2. The summed E-state index contributed by atoms with van der Waals surface area (Å²) in [6.45, 7) is 6.12. The molecule has 0 aliphatic carbocycles. The Morgan fingerprint density at radius 2 is 1.90 bits per heavy atom. The van der Waals surface area contributed by atoms with Crippen LogP contribution in [0.15, 0.2) is 24.3 Å². The average Bonchev–Trinajstić information content (AvgIpc) is 2.94. The van der Waals surface area contributed by atoms with Crippen molar-refractivity contribution in [3.05, 3.63) is 58.4 Å². The highest BCUT2D eigenvalue weighted by atomic mass is 19.1. The summed E-state index contributed by atoms with van der Waals surface area (Å²) in [5.41, 5.74) is 3.97. The molecule has 1 aliphatic rings. The highest BCUT2D eigenvalue weighted by Crippen LogP contribution is 2.27. The van der Waals surface area contributed by atoms with Crippen molar-refractivity contribution < 1.29 is 4.39 Å². The van der Waals surface area contributed by atoms with E-state index in [1.165, 1.54) is 11.6 Å². The lowest BCUT2D eigenvalue weighted by atomic mass is 9.95. The van der Waals surface area contributed by atoms with Crippen LogP contribution in [-0.4, -0.2) is 23.1 Å². The lowest BCUT2D eigenvalue weighted by Gasteiger charge is -2.16. The van der Waals surface area contributed by atoms with Crippen LogP contribution in [0.3, 0.4) is 0 Å². The molecule has 1 unspecified atom stereocenters. The van der Waals surface area contributed by atoms with Crippen LogP contribution in [0.2, 0.25) is 0 Å². The molecule has 0 radical (unpaired) electrons. The third-order valence-electron chi connectivity index (χ3n) is 4.15. The lowest BCUT2D eigenvalue weighted by Crippen LogP contribution is -2.13. The van der Waals surface area contributed by atoms with Gasteiger partial charge in [0.1, 0.15) is 11.6 Å². The smallest absolute Gasteiger partial charge is 0.133 e. The van der Waals surface area contributed by atoms with Crippen LogP contribution in [0.5, 0.6) is 0 Å². The topological polar surface area (TPSA) is 37.8 Å². The van der Waals surface area contributed by atoms with Gasteiger partial charge in [0.15, 0.2) is 0 Å². The van der Waals surface area contributed by atoms with Gasteiger partial charge in [0.2, 0.25) is 0 Å². The van der Waals surface area contributed by atoms with Crippen molar-refractivity contribution in [1.29, 1.82) is 0 Å². The third-order valence-corrected chi connectivity index (χ3v) is 4.15. The van der Waals surface area contributed by atoms with Crippen molar-refractivity contribution in [1.82, 2.24) is 15.3 Å². The van der Waals surface area contributed by atoms with Crippen molar-refractivity contribution in [2.75, 3.05) is 13.1 Å². The molecule has 0 saturated carbocycles. The van der Waals surface area contributed by atoms with E-state index in [1.807, 2.05) is 19.9 Å². The molecule has 4 heteroatoms. The zero-order valence-electron chi connectivity index (χ0n) is 12.5. The minimum absolute atomic E-state index is 0.194. The van der Waals surface area contributed by atoms with Crippen LogP contribution >= 0.6 is 0 Å². The molecule has 0 spiro atoms.